The lowest BCUT2D eigenvalue weighted by molar-refractivity contribution is 0.288. The Morgan fingerprint density at radius 3 is 2.69 bits per heavy atom. The number of aryl methyl sites for hydroxylation is 1. The van der Waals surface area contributed by atoms with E-state index in [0.29, 0.717) is 0 Å². The minimum absolute atomic E-state index is 0.221. The van der Waals surface area contributed by atoms with Crippen molar-refractivity contribution in [1.29, 1.82) is 0 Å². The Hall–Kier alpha value is -1.61. The summed E-state index contributed by atoms with van der Waals surface area (Å²) in [5.41, 5.74) is 4.43. The molecule has 0 aliphatic carbocycles. The molecule has 0 saturated heterocycles. The molecule has 2 N–H and O–H groups in total. The average Bonchev–Trinajstić information content (AvgIpc) is 2.69. The lowest BCUT2D eigenvalue weighted by Gasteiger charge is -2.02. The molecule has 0 radical (unpaired) electrons. The van der Waals surface area contributed by atoms with Crippen LogP contribution in [0.1, 0.15) is 17.7 Å². The highest BCUT2D eigenvalue weighted by molar-refractivity contribution is 5.63. The molecule has 2 rings (SSSR count). The lowest BCUT2D eigenvalue weighted by atomic mass is 10.0. The smallest absolute Gasteiger partial charge is 0.0955 e. The van der Waals surface area contributed by atoms with E-state index in [0.717, 1.165) is 29.8 Å². The second-order valence-corrected chi connectivity index (χ2v) is 3.87. The predicted molar refractivity (Wildman–Crippen MR) is 64.2 cm³/mol. The summed E-state index contributed by atoms with van der Waals surface area (Å²) in [5, 5.41) is 16.2. The van der Waals surface area contributed by atoms with Crippen molar-refractivity contribution in [3.8, 4) is 11.3 Å². The molecule has 1 aromatic carbocycles. The van der Waals surface area contributed by atoms with Crippen LogP contribution < -0.4 is 0 Å². The maximum Gasteiger partial charge on any atom is 0.0955 e. The van der Waals surface area contributed by atoms with E-state index in [9.17, 15) is 0 Å². The first-order valence-corrected chi connectivity index (χ1v) is 5.53. The van der Waals surface area contributed by atoms with Gasteiger partial charge in [0.2, 0.25) is 0 Å². The molecule has 3 heteroatoms. The number of hydrogen-bond donors (Lipinski definition) is 2. The first-order chi connectivity index (χ1) is 7.83. The zero-order valence-electron chi connectivity index (χ0n) is 9.40. The van der Waals surface area contributed by atoms with E-state index >= 15 is 0 Å². The highest BCUT2D eigenvalue weighted by atomic mass is 16.2. The van der Waals surface area contributed by atoms with Crippen LogP contribution in [-0.4, -0.2) is 21.9 Å². The third kappa shape index (κ3) is 2.14. The molecule has 3 nitrogen and oxygen atoms in total. The van der Waals surface area contributed by atoms with E-state index in [-0.39, 0.29) is 6.61 Å². The van der Waals surface area contributed by atoms with Crippen molar-refractivity contribution in [2.75, 3.05) is 6.61 Å². The third-order valence-electron chi connectivity index (χ3n) is 2.71. The quantitative estimate of drug-likeness (QED) is 0.824. The minimum Gasteiger partial charge on any atom is -0.396 e. The Balaban J connectivity index is 2.34. The SMILES string of the molecule is Cc1[nH]nc(-c2ccccc2)c1CCCO. The molecule has 0 saturated carbocycles. The Morgan fingerprint density at radius 2 is 2.00 bits per heavy atom. The van der Waals surface area contributed by atoms with Crippen LogP contribution in [-0.2, 0) is 6.42 Å². The van der Waals surface area contributed by atoms with Crippen LogP contribution in [0.3, 0.4) is 0 Å². The van der Waals surface area contributed by atoms with Gasteiger partial charge < -0.3 is 5.11 Å². The van der Waals surface area contributed by atoms with Gasteiger partial charge in [0.15, 0.2) is 0 Å². The Morgan fingerprint density at radius 1 is 1.25 bits per heavy atom. The van der Waals surface area contributed by atoms with Crippen LogP contribution in [0.2, 0.25) is 0 Å². The van der Waals surface area contributed by atoms with Crippen LogP contribution >= 0.6 is 0 Å². The van der Waals surface area contributed by atoms with Gasteiger partial charge >= 0.3 is 0 Å². The predicted octanol–water partition coefficient (Wildman–Crippen LogP) is 2.31. The first kappa shape index (κ1) is 10.9. The van der Waals surface area contributed by atoms with Crippen LogP contribution in [0, 0.1) is 6.92 Å². The van der Waals surface area contributed by atoms with Crippen molar-refractivity contribution >= 4 is 0 Å². The molecule has 0 atom stereocenters. The third-order valence-corrected chi connectivity index (χ3v) is 2.71. The normalized spacial score (nSPS) is 10.6. The number of aliphatic hydroxyl groups is 1. The van der Waals surface area contributed by atoms with Crippen LogP contribution in [0.15, 0.2) is 30.3 Å². The van der Waals surface area contributed by atoms with Gasteiger partial charge in [0.1, 0.15) is 0 Å². The van der Waals surface area contributed by atoms with Gasteiger partial charge in [-0.1, -0.05) is 30.3 Å². The highest BCUT2D eigenvalue weighted by Gasteiger charge is 2.10. The number of hydrogen-bond acceptors (Lipinski definition) is 2. The number of aromatic nitrogens is 2. The summed E-state index contributed by atoms with van der Waals surface area (Å²) < 4.78 is 0. The fraction of sp³-hybridized carbons (Fsp3) is 0.308. The summed E-state index contributed by atoms with van der Waals surface area (Å²) in [6, 6.07) is 10.1. The maximum atomic E-state index is 8.89. The van der Waals surface area contributed by atoms with Gasteiger partial charge in [-0.3, -0.25) is 5.10 Å². The van der Waals surface area contributed by atoms with Crippen LogP contribution in [0.5, 0.6) is 0 Å². The van der Waals surface area contributed by atoms with E-state index in [1.807, 2.05) is 25.1 Å². The largest absolute Gasteiger partial charge is 0.396 e. The average molecular weight is 216 g/mol. The fourth-order valence-corrected chi connectivity index (χ4v) is 1.85. The number of nitrogens with one attached hydrogen (secondary N) is 1. The van der Waals surface area contributed by atoms with Gasteiger partial charge in [-0.05, 0) is 19.8 Å². The van der Waals surface area contributed by atoms with Crippen molar-refractivity contribution in [2.45, 2.75) is 19.8 Å². The lowest BCUT2D eigenvalue weighted by Crippen LogP contribution is -1.92. The zero-order chi connectivity index (χ0) is 11.4. The topological polar surface area (TPSA) is 48.9 Å². The zero-order valence-corrected chi connectivity index (χ0v) is 9.40. The standard InChI is InChI=1S/C13H16N2O/c1-10-12(8-5-9-16)13(15-14-10)11-6-3-2-4-7-11/h2-4,6-7,16H,5,8-9H2,1H3,(H,14,15). The van der Waals surface area contributed by atoms with Crippen molar-refractivity contribution in [2.24, 2.45) is 0 Å². The van der Waals surface area contributed by atoms with Crippen LogP contribution in [0.25, 0.3) is 11.3 Å². The number of nitrogens with zero attached hydrogens (tertiary/aromatic N) is 1. The Labute approximate surface area is 95.1 Å². The van der Waals surface area contributed by atoms with Gasteiger partial charge in [-0.2, -0.15) is 5.10 Å². The van der Waals surface area contributed by atoms with Crippen molar-refractivity contribution < 1.29 is 5.11 Å². The number of aromatic amines is 1. The van der Waals surface area contributed by atoms with E-state index in [4.69, 9.17) is 5.11 Å². The van der Waals surface area contributed by atoms with Gasteiger partial charge in [-0.15, -0.1) is 0 Å². The molecule has 0 fully saturated rings. The molecule has 84 valence electrons. The monoisotopic (exact) mass is 216 g/mol. The fourth-order valence-electron chi connectivity index (χ4n) is 1.85. The summed E-state index contributed by atoms with van der Waals surface area (Å²) in [4.78, 5) is 0. The van der Waals surface area contributed by atoms with Crippen molar-refractivity contribution in [3.63, 3.8) is 0 Å². The molecule has 0 aliphatic heterocycles. The van der Waals surface area contributed by atoms with Gasteiger partial charge in [-0.25, -0.2) is 0 Å². The van der Waals surface area contributed by atoms with E-state index in [1.165, 1.54) is 5.56 Å². The number of aliphatic hydroxyl groups excluding tert-OH is 1. The van der Waals surface area contributed by atoms with Gasteiger partial charge in [0.05, 0.1) is 5.69 Å². The number of rotatable bonds is 4. The second kappa shape index (κ2) is 4.94. The molecule has 0 bridgehead atoms. The molecule has 2 aromatic rings. The molecule has 16 heavy (non-hydrogen) atoms. The molecule has 1 aromatic heterocycles. The maximum absolute atomic E-state index is 8.89. The molecule has 1 heterocycles. The minimum atomic E-state index is 0.221. The van der Waals surface area contributed by atoms with E-state index in [2.05, 4.69) is 22.3 Å². The molecule has 0 spiro atoms. The first-order valence-electron chi connectivity index (χ1n) is 5.53. The molecule has 0 aliphatic rings. The van der Waals surface area contributed by atoms with Gasteiger partial charge in [0.25, 0.3) is 0 Å². The summed E-state index contributed by atoms with van der Waals surface area (Å²) in [7, 11) is 0. The molecule has 0 amide bonds. The summed E-state index contributed by atoms with van der Waals surface area (Å²) in [6.07, 6.45) is 1.64. The number of benzene rings is 1. The highest BCUT2D eigenvalue weighted by Crippen LogP contribution is 2.24. The Kier molecular flexibility index (Phi) is 3.37. The van der Waals surface area contributed by atoms with Crippen LogP contribution in [0.4, 0.5) is 0 Å². The Bertz CT molecular complexity index is 448. The molecular formula is C13H16N2O. The van der Waals surface area contributed by atoms with Gasteiger partial charge in [0, 0.05) is 23.4 Å². The van der Waals surface area contributed by atoms with E-state index in [1.54, 1.807) is 0 Å². The summed E-state index contributed by atoms with van der Waals surface area (Å²) >= 11 is 0. The van der Waals surface area contributed by atoms with E-state index < -0.39 is 0 Å². The van der Waals surface area contributed by atoms with Crippen molar-refractivity contribution in [3.05, 3.63) is 41.6 Å². The van der Waals surface area contributed by atoms with Crippen molar-refractivity contribution in [1.82, 2.24) is 10.2 Å². The summed E-state index contributed by atoms with van der Waals surface area (Å²) in [5.74, 6) is 0. The number of H-pyrrole nitrogens is 1. The molecular weight excluding hydrogens is 200 g/mol. The second-order valence-electron chi connectivity index (χ2n) is 3.87. The molecule has 0 unspecified atom stereocenters. The summed E-state index contributed by atoms with van der Waals surface area (Å²) in [6.45, 7) is 2.24.